The topological polar surface area (TPSA) is 62.4 Å². The van der Waals surface area contributed by atoms with E-state index in [9.17, 15) is 5.11 Å². The van der Waals surface area contributed by atoms with Crippen molar-refractivity contribution >= 4 is 39.1 Å². The van der Waals surface area contributed by atoms with Gasteiger partial charge in [0.25, 0.3) is 0 Å². The molecule has 2 heterocycles. The number of aryl methyl sites for hydroxylation is 2. The molecule has 0 aliphatic heterocycles. The summed E-state index contributed by atoms with van der Waals surface area (Å²) in [6, 6.07) is 45.4. The van der Waals surface area contributed by atoms with E-state index >= 15 is 0 Å². The quantitative estimate of drug-likeness (QED) is 0.168. The van der Waals surface area contributed by atoms with Gasteiger partial charge in [-0.3, -0.25) is 4.98 Å². The first kappa shape index (κ1) is 38.8. The number of rotatable bonds is 6. The second kappa shape index (κ2) is 14.9. The minimum absolute atomic E-state index is 0. The molecule has 1 N–H and O–H groups in total. The van der Waals surface area contributed by atoms with Crippen molar-refractivity contribution in [2.75, 3.05) is 4.90 Å². The average molecular weight is 916 g/mol. The van der Waals surface area contributed by atoms with Crippen molar-refractivity contribution in [3.8, 4) is 39.5 Å². The number of para-hydroxylation sites is 2. The monoisotopic (exact) mass is 915 g/mol. The minimum atomic E-state index is -0.131. The third-order valence-corrected chi connectivity index (χ3v) is 10.3. The number of aromatic nitrogens is 2. The van der Waals surface area contributed by atoms with Crippen LogP contribution in [0.5, 0.6) is 5.75 Å². The zero-order valence-electron chi connectivity index (χ0n) is 33.1. The molecule has 0 saturated carbocycles. The standard InChI is InChI=1S/C50H46N3O2.Pt/c1-31-23-33(39-25-32(2)26-41-43(50(6,7)8)21-22-51-46(39)41)27-34(24-31)40-29-38(53(36-15-11-9-12-16-36)37-17-13-10-14-18-37)30-45-47(40)52-48(55-45)42-28-35(49(3,4)5)19-20-44(42)54;/h9-26,28-30,54H,1-8H3;/q-1;. The van der Waals surface area contributed by atoms with Crippen LogP contribution in [0.4, 0.5) is 17.1 Å². The number of fused-ring (bicyclic) bond motifs is 2. The summed E-state index contributed by atoms with van der Waals surface area (Å²) in [5.74, 6) is 0.480. The van der Waals surface area contributed by atoms with Crippen LogP contribution in [-0.2, 0) is 31.9 Å². The molecule has 0 aliphatic carbocycles. The molecule has 0 fully saturated rings. The molecule has 5 nitrogen and oxygen atoms in total. The fraction of sp³-hybridized carbons (Fsp3) is 0.200. The van der Waals surface area contributed by atoms with Crippen LogP contribution in [0, 0.1) is 19.9 Å². The van der Waals surface area contributed by atoms with Crippen LogP contribution in [0.15, 0.2) is 132 Å². The second-order valence-corrected chi connectivity index (χ2v) is 16.6. The second-order valence-electron chi connectivity index (χ2n) is 16.6. The number of oxazole rings is 1. The Balaban J connectivity index is 0.00000480. The smallest absolute Gasteiger partial charge is 0.230 e. The Bertz CT molecular complexity index is 2670. The van der Waals surface area contributed by atoms with Crippen LogP contribution in [-0.4, -0.2) is 15.1 Å². The Hall–Kier alpha value is -5.51. The maximum absolute atomic E-state index is 11.2. The Morgan fingerprint density at radius 2 is 1.21 bits per heavy atom. The molecule has 0 radical (unpaired) electrons. The Morgan fingerprint density at radius 3 is 1.82 bits per heavy atom. The SMILES string of the molecule is Cc1cc(-c2cc(N(c3ccccc3)c3ccccc3)cc3oc(-c4cc(C(C)(C)C)ccc4O)nc23)[c-]c(-c2cc(C)cc3c(C(C)(C)C)ccnc23)c1.[Pt]. The minimum Gasteiger partial charge on any atom is -0.507 e. The summed E-state index contributed by atoms with van der Waals surface area (Å²) < 4.78 is 6.67. The van der Waals surface area contributed by atoms with Crippen molar-refractivity contribution in [1.82, 2.24) is 9.97 Å². The van der Waals surface area contributed by atoms with Gasteiger partial charge in [0, 0.05) is 55.9 Å². The van der Waals surface area contributed by atoms with Gasteiger partial charge < -0.3 is 14.4 Å². The Labute approximate surface area is 344 Å². The van der Waals surface area contributed by atoms with E-state index in [0.717, 1.165) is 61.3 Å². The van der Waals surface area contributed by atoms with Crippen LogP contribution < -0.4 is 4.90 Å². The van der Waals surface area contributed by atoms with Gasteiger partial charge in [-0.1, -0.05) is 126 Å². The van der Waals surface area contributed by atoms with Crippen LogP contribution >= 0.6 is 0 Å². The van der Waals surface area contributed by atoms with E-state index in [4.69, 9.17) is 14.4 Å². The molecule has 0 amide bonds. The molecular weight excluding hydrogens is 870 g/mol. The van der Waals surface area contributed by atoms with Gasteiger partial charge in [0.15, 0.2) is 0 Å². The summed E-state index contributed by atoms with van der Waals surface area (Å²) in [6.07, 6.45) is 1.92. The first-order valence-electron chi connectivity index (χ1n) is 18.9. The Morgan fingerprint density at radius 1 is 0.607 bits per heavy atom. The molecule has 0 spiro atoms. The molecule has 0 aliphatic rings. The van der Waals surface area contributed by atoms with Crippen LogP contribution in [0.3, 0.4) is 0 Å². The maximum atomic E-state index is 11.2. The number of hydrogen-bond donors (Lipinski definition) is 1. The molecular formula is C50H46N3O2Pt-. The molecule has 0 bridgehead atoms. The van der Waals surface area contributed by atoms with E-state index in [0.29, 0.717) is 22.6 Å². The zero-order chi connectivity index (χ0) is 38.6. The van der Waals surface area contributed by atoms with E-state index < -0.39 is 0 Å². The van der Waals surface area contributed by atoms with Gasteiger partial charge in [0.1, 0.15) is 11.3 Å². The first-order valence-corrected chi connectivity index (χ1v) is 18.9. The molecule has 6 aromatic carbocycles. The summed E-state index contributed by atoms with van der Waals surface area (Å²) in [5.41, 5.74) is 13.9. The third-order valence-electron chi connectivity index (χ3n) is 10.3. The van der Waals surface area contributed by atoms with Gasteiger partial charge >= 0.3 is 0 Å². The third kappa shape index (κ3) is 7.41. The predicted molar refractivity (Wildman–Crippen MR) is 228 cm³/mol. The molecule has 6 heteroatoms. The van der Waals surface area contributed by atoms with E-state index in [1.807, 2.05) is 60.8 Å². The number of anilines is 3. The Kier molecular flexibility index (Phi) is 10.3. The number of phenolic OH excluding ortho intramolecular Hbond substituents is 1. The van der Waals surface area contributed by atoms with Crippen molar-refractivity contribution in [3.63, 3.8) is 0 Å². The van der Waals surface area contributed by atoms with Gasteiger partial charge in [0.05, 0.1) is 11.1 Å². The van der Waals surface area contributed by atoms with Crippen molar-refractivity contribution in [1.29, 1.82) is 0 Å². The van der Waals surface area contributed by atoms with Crippen molar-refractivity contribution < 1.29 is 30.6 Å². The molecule has 0 saturated heterocycles. The number of nitrogens with zero attached hydrogens (tertiary/aromatic N) is 3. The van der Waals surface area contributed by atoms with Gasteiger partial charge in [-0.25, -0.2) is 4.98 Å². The normalized spacial score (nSPS) is 11.9. The number of hydrogen-bond acceptors (Lipinski definition) is 5. The zero-order valence-corrected chi connectivity index (χ0v) is 35.4. The van der Waals surface area contributed by atoms with Crippen LogP contribution in [0.1, 0.15) is 63.8 Å². The van der Waals surface area contributed by atoms with Gasteiger partial charge in [-0.05, 0) is 76.7 Å². The molecule has 8 rings (SSSR count). The number of benzene rings is 6. The van der Waals surface area contributed by atoms with Gasteiger partial charge in [-0.15, -0.1) is 34.9 Å². The van der Waals surface area contributed by atoms with Gasteiger partial charge in [-0.2, -0.15) is 0 Å². The molecule has 0 atom stereocenters. The van der Waals surface area contributed by atoms with Crippen LogP contribution in [0.25, 0.3) is 55.7 Å². The fourth-order valence-corrected chi connectivity index (χ4v) is 7.50. The molecule has 56 heavy (non-hydrogen) atoms. The first-order chi connectivity index (χ1) is 26.2. The molecule has 2 aromatic heterocycles. The van der Waals surface area contributed by atoms with Crippen LogP contribution in [0.2, 0.25) is 0 Å². The number of pyridine rings is 1. The maximum Gasteiger partial charge on any atom is 0.230 e. The summed E-state index contributed by atoms with van der Waals surface area (Å²) in [7, 11) is 0. The average Bonchev–Trinajstić information content (AvgIpc) is 3.58. The van der Waals surface area contributed by atoms with Gasteiger partial charge in [0.2, 0.25) is 5.89 Å². The van der Waals surface area contributed by atoms with Crippen molar-refractivity contribution in [2.24, 2.45) is 0 Å². The van der Waals surface area contributed by atoms with E-state index in [1.54, 1.807) is 6.07 Å². The summed E-state index contributed by atoms with van der Waals surface area (Å²) in [4.78, 5) is 12.3. The number of aromatic hydroxyl groups is 1. The van der Waals surface area contributed by atoms with E-state index in [1.165, 1.54) is 11.1 Å². The predicted octanol–water partition coefficient (Wildman–Crippen LogP) is 13.6. The largest absolute Gasteiger partial charge is 0.507 e. The van der Waals surface area contributed by atoms with Crippen molar-refractivity contribution in [2.45, 2.75) is 66.2 Å². The summed E-state index contributed by atoms with van der Waals surface area (Å²) in [5, 5.41) is 12.3. The van der Waals surface area contributed by atoms with E-state index in [2.05, 4.69) is 127 Å². The molecule has 284 valence electrons. The van der Waals surface area contributed by atoms with Crippen molar-refractivity contribution in [3.05, 3.63) is 156 Å². The summed E-state index contributed by atoms with van der Waals surface area (Å²) in [6.45, 7) is 17.5. The molecule has 8 aromatic rings. The number of phenols is 1. The fourth-order valence-electron chi connectivity index (χ4n) is 7.50. The molecule has 0 unspecified atom stereocenters. The van der Waals surface area contributed by atoms with E-state index in [-0.39, 0.29) is 37.6 Å². The summed E-state index contributed by atoms with van der Waals surface area (Å²) >= 11 is 0.